The molecule has 96 valence electrons. The molecule has 0 saturated carbocycles. The Kier molecular flexibility index (Phi) is 5.78. The first-order valence-electron chi connectivity index (χ1n) is 5.65. The van der Waals surface area contributed by atoms with Gasteiger partial charge in [-0.2, -0.15) is 11.8 Å². The van der Waals surface area contributed by atoms with Gasteiger partial charge in [-0.3, -0.25) is 0 Å². The van der Waals surface area contributed by atoms with Gasteiger partial charge >= 0.3 is 0 Å². The van der Waals surface area contributed by atoms with Gasteiger partial charge in [-0.25, -0.2) is 4.39 Å². The summed E-state index contributed by atoms with van der Waals surface area (Å²) in [4.78, 5) is 0. The molecule has 0 radical (unpaired) electrons. The van der Waals surface area contributed by atoms with Crippen LogP contribution in [0, 0.1) is 5.82 Å². The largest absolute Gasteiger partial charge is 0.494 e. The van der Waals surface area contributed by atoms with Gasteiger partial charge in [0, 0.05) is 5.75 Å². The van der Waals surface area contributed by atoms with Crippen molar-refractivity contribution in [3.05, 3.63) is 29.6 Å². The van der Waals surface area contributed by atoms with E-state index >= 15 is 0 Å². The maximum Gasteiger partial charge on any atom is 0.165 e. The number of benzene rings is 1. The third-order valence-corrected chi connectivity index (χ3v) is 3.55. The summed E-state index contributed by atoms with van der Waals surface area (Å²) < 4.78 is 18.2. The minimum Gasteiger partial charge on any atom is -0.494 e. The van der Waals surface area contributed by atoms with Crippen LogP contribution in [0.25, 0.3) is 0 Å². The Balaban J connectivity index is 2.53. The Morgan fingerprint density at radius 3 is 2.65 bits per heavy atom. The number of methoxy groups -OCH3 is 1. The van der Waals surface area contributed by atoms with Gasteiger partial charge in [0.15, 0.2) is 11.6 Å². The second-order valence-electron chi connectivity index (χ2n) is 4.21. The van der Waals surface area contributed by atoms with E-state index in [1.165, 1.54) is 13.2 Å². The van der Waals surface area contributed by atoms with Crippen LogP contribution in [0.4, 0.5) is 4.39 Å². The lowest BCUT2D eigenvalue weighted by molar-refractivity contribution is 0.200. The molecule has 17 heavy (non-hydrogen) atoms. The van der Waals surface area contributed by atoms with E-state index in [0.717, 1.165) is 5.56 Å². The Morgan fingerprint density at radius 1 is 1.41 bits per heavy atom. The normalized spacial score (nSPS) is 12.8. The van der Waals surface area contributed by atoms with E-state index in [2.05, 4.69) is 13.8 Å². The molecule has 0 aromatic heterocycles. The van der Waals surface area contributed by atoms with Gasteiger partial charge in [0.1, 0.15) is 0 Å². The summed E-state index contributed by atoms with van der Waals surface area (Å²) in [6, 6.07) is 4.79. The van der Waals surface area contributed by atoms with Crippen LogP contribution in [0.2, 0.25) is 0 Å². The van der Waals surface area contributed by atoms with E-state index in [9.17, 15) is 9.50 Å². The standard InChI is InChI=1S/C13H19FO2S/c1-9(2)17-8-11(15)6-10-4-5-13(16-3)12(14)7-10/h4-5,7,9,11,15H,6,8H2,1-3H3. The van der Waals surface area contributed by atoms with E-state index in [1.807, 2.05) is 0 Å². The fraction of sp³-hybridized carbons (Fsp3) is 0.538. The van der Waals surface area contributed by atoms with E-state index in [0.29, 0.717) is 17.4 Å². The van der Waals surface area contributed by atoms with Gasteiger partial charge in [0.25, 0.3) is 0 Å². The van der Waals surface area contributed by atoms with Gasteiger partial charge in [-0.1, -0.05) is 19.9 Å². The van der Waals surface area contributed by atoms with Crippen molar-refractivity contribution >= 4 is 11.8 Å². The Morgan fingerprint density at radius 2 is 2.12 bits per heavy atom. The van der Waals surface area contributed by atoms with Crippen LogP contribution in [-0.4, -0.2) is 29.3 Å². The van der Waals surface area contributed by atoms with Crippen molar-refractivity contribution in [3.63, 3.8) is 0 Å². The first-order chi connectivity index (χ1) is 8.02. The molecule has 1 rings (SSSR count). The number of aliphatic hydroxyl groups is 1. The molecule has 1 N–H and O–H groups in total. The lowest BCUT2D eigenvalue weighted by Crippen LogP contribution is -2.15. The fourth-order valence-corrected chi connectivity index (χ4v) is 2.20. The number of hydrogen-bond acceptors (Lipinski definition) is 3. The summed E-state index contributed by atoms with van der Waals surface area (Å²) in [6.07, 6.45) is 0.0378. The SMILES string of the molecule is COc1ccc(CC(O)CSC(C)C)cc1F. The summed E-state index contributed by atoms with van der Waals surface area (Å²) in [5.74, 6) is 0.527. The molecule has 4 heteroatoms. The van der Waals surface area contributed by atoms with E-state index in [4.69, 9.17) is 4.74 Å². The molecular weight excluding hydrogens is 239 g/mol. The van der Waals surface area contributed by atoms with E-state index in [-0.39, 0.29) is 11.6 Å². The van der Waals surface area contributed by atoms with Crippen molar-refractivity contribution in [2.45, 2.75) is 31.6 Å². The predicted octanol–water partition coefficient (Wildman–Crippen LogP) is 2.88. The molecule has 0 saturated heterocycles. The first-order valence-corrected chi connectivity index (χ1v) is 6.70. The highest BCUT2D eigenvalue weighted by Gasteiger charge is 2.09. The smallest absolute Gasteiger partial charge is 0.165 e. The lowest BCUT2D eigenvalue weighted by atomic mass is 10.1. The molecule has 0 fully saturated rings. The summed E-state index contributed by atoms with van der Waals surface area (Å²) >= 11 is 1.70. The molecular formula is C13H19FO2S. The lowest BCUT2D eigenvalue weighted by Gasteiger charge is -2.12. The van der Waals surface area contributed by atoms with Gasteiger partial charge in [-0.05, 0) is 29.4 Å². The van der Waals surface area contributed by atoms with Crippen LogP contribution in [0.1, 0.15) is 19.4 Å². The van der Waals surface area contributed by atoms with Crippen molar-refractivity contribution in [2.75, 3.05) is 12.9 Å². The summed E-state index contributed by atoms with van der Waals surface area (Å²) in [5.41, 5.74) is 0.792. The Bertz CT molecular complexity index is 355. The van der Waals surface area contributed by atoms with Crippen LogP contribution in [0.3, 0.4) is 0 Å². The monoisotopic (exact) mass is 258 g/mol. The van der Waals surface area contributed by atoms with E-state index in [1.54, 1.807) is 23.9 Å². The van der Waals surface area contributed by atoms with Gasteiger partial charge < -0.3 is 9.84 Å². The van der Waals surface area contributed by atoms with Crippen LogP contribution in [0.5, 0.6) is 5.75 Å². The van der Waals surface area contributed by atoms with Crippen LogP contribution in [0.15, 0.2) is 18.2 Å². The highest BCUT2D eigenvalue weighted by atomic mass is 32.2. The average molecular weight is 258 g/mol. The molecule has 0 bridgehead atoms. The molecule has 0 aliphatic rings. The van der Waals surface area contributed by atoms with Gasteiger partial charge in [0.05, 0.1) is 13.2 Å². The topological polar surface area (TPSA) is 29.5 Å². The first kappa shape index (κ1) is 14.3. The highest BCUT2D eigenvalue weighted by molar-refractivity contribution is 7.99. The quantitative estimate of drug-likeness (QED) is 0.851. The van der Waals surface area contributed by atoms with Crippen molar-refractivity contribution in [1.29, 1.82) is 0 Å². The summed E-state index contributed by atoms with van der Waals surface area (Å²) in [7, 11) is 1.44. The summed E-state index contributed by atoms with van der Waals surface area (Å²) in [5, 5.41) is 10.3. The third-order valence-electron chi connectivity index (χ3n) is 2.31. The summed E-state index contributed by atoms with van der Waals surface area (Å²) in [6.45, 7) is 4.18. The van der Waals surface area contributed by atoms with Crippen molar-refractivity contribution < 1.29 is 14.2 Å². The molecule has 1 aromatic carbocycles. The van der Waals surface area contributed by atoms with E-state index < -0.39 is 6.10 Å². The van der Waals surface area contributed by atoms with Crippen LogP contribution < -0.4 is 4.74 Å². The van der Waals surface area contributed by atoms with Crippen molar-refractivity contribution in [1.82, 2.24) is 0 Å². The van der Waals surface area contributed by atoms with Crippen molar-refractivity contribution in [2.24, 2.45) is 0 Å². The maximum atomic E-state index is 13.4. The molecule has 1 aromatic rings. The number of hydrogen-bond donors (Lipinski definition) is 1. The van der Waals surface area contributed by atoms with Crippen LogP contribution in [-0.2, 0) is 6.42 Å². The number of halogens is 1. The Hall–Kier alpha value is -0.740. The molecule has 0 amide bonds. The molecule has 2 nitrogen and oxygen atoms in total. The van der Waals surface area contributed by atoms with Gasteiger partial charge in [0.2, 0.25) is 0 Å². The molecule has 0 aliphatic heterocycles. The third kappa shape index (κ3) is 4.96. The Labute approximate surface area is 106 Å². The number of aliphatic hydroxyl groups excluding tert-OH is 1. The second-order valence-corrected chi connectivity index (χ2v) is 5.82. The molecule has 0 spiro atoms. The molecule has 1 atom stereocenters. The minimum atomic E-state index is -0.435. The van der Waals surface area contributed by atoms with Crippen LogP contribution >= 0.6 is 11.8 Å². The van der Waals surface area contributed by atoms with Crippen molar-refractivity contribution in [3.8, 4) is 5.75 Å². The number of ether oxygens (including phenoxy) is 1. The minimum absolute atomic E-state index is 0.236. The zero-order valence-corrected chi connectivity index (χ0v) is 11.3. The zero-order valence-electron chi connectivity index (χ0n) is 10.4. The number of rotatable bonds is 6. The number of thioether (sulfide) groups is 1. The fourth-order valence-electron chi connectivity index (χ4n) is 1.47. The average Bonchev–Trinajstić information content (AvgIpc) is 2.26. The molecule has 1 unspecified atom stereocenters. The predicted molar refractivity (Wildman–Crippen MR) is 70.3 cm³/mol. The highest BCUT2D eigenvalue weighted by Crippen LogP contribution is 2.19. The second kappa shape index (κ2) is 6.87. The van der Waals surface area contributed by atoms with Gasteiger partial charge in [-0.15, -0.1) is 0 Å². The molecule has 0 heterocycles. The molecule has 0 aliphatic carbocycles. The zero-order chi connectivity index (χ0) is 12.8. The maximum absolute atomic E-state index is 13.4.